The highest BCUT2D eigenvalue weighted by molar-refractivity contribution is 6.00. The fourth-order valence-corrected chi connectivity index (χ4v) is 2.35. The molecule has 0 saturated carbocycles. The topological polar surface area (TPSA) is 114 Å². The number of hydrogen-bond donors (Lipinski definition) is 5. The fraction of sp³-hybridized carbons (Fsp3) is 0.286. The van der Waals surface area contributed by atoms with Gasteiger partial charge in [0, 0.05) is 31.8 Å². The monoisotopic (exact) mass is 373 g/mol. The van der Waals surface area contributed by atoms with Gasteiger partial charge in [-0.05, 0) is 61.6 Å². The van der Waals surface area contributed by atoms with E-state index in [0.29, 0.717) is 5.92 Å². The molecule has 0 aliphatic heterocycles. The van der Waals surface area contributed by atoms with Gasteiger partial charge in [-0.15, -0.1) is 0 Å². The van der Waals surface area contributed by atoms with Crippen LogP contribution >= 0.6 is 0 Å². The number of para-hydroxylation sites is 1. The predicted molar refractivity (Wildman–Crippen MR) is 119 cm³/mol. The smallest absolute Gasteiger partial charge is 0.323 e. The second-order valence-corrected chi connectivity index (χ2v) is 6.77. The molecule has 0 spiro atoms. The van der Waals surface area contributed by atoms with E-state index in [-0.39, 0.29) is 15.0 Å². The molecule has 6 heteroatoms. The summed E-state index contributed by atoms with van der Waals surface area (Å²) in [7, 11) is 0. The van der Waals surface area contributed by atoms with Crippen molar-refractivity contribution >= 4 is 23.1 Å². The summed E-state index contributed by atoms with van der Waals surface area (Å²) in [5.74, 6) is 0.637. The van der Waals surface area contributed by atoms with Crippen molar-refractivity contribution in [1.29, 1.82) is 0 Å². The van der Waals surface area contributed by atoms with Crippen molar-refractivity contribution in [2.75, 3.05) is 16.0 Å². The fourth-order valence-electron chi connectivity index (χ4n) is 2.35. The molecule has 0 aliphatic carbocycles. The lowest BCUT2D eigenvalue weighted by Gasteiger charge is -2.10. The van der Waals surface area contributed by atoms with Gasteiger partial charge in [0.05, 0.1) is 0 Å². The van der Waals surface area contributed by atoms with Crippen LogP contribution in [0.1, 0.15) is 35.1 Å². The summed E-state index contributed by atoms with van der Waals surface area (Å²) in [6.07, 6.45) is 3.78. The number of allylic oxidation sites excluding steroid dienone is 1. The zero-order chi connectivity index (χ0) is 18.9. The molecule has 27 heavy (non-hydrogen) atoms. The number of benzene rings is 2. The first-order chi connectivity index (χ1) is 12.4. The second kappa shape index (κ2) is 10.9. The number of nitrogens with one attached hydrogen (secondary N) is 3. The minimum absolute atomic E-state index is 0. The lowest BCUT2D eigenvalue weighted by molar-refractivity contribution is 0.262. The van der Waals surface area contributed by atoms with Crippen molar-refractivity contribution in [2.45, 2.75) is 33.6 Å². The molecule has 0 saturated heterocycles. The summed E-state index contributed by atoms with van der Waals surface area (Å²) in [6, 6.07) is 14.9. The third kappa shape index (κ3) is 7.83. The van der Waals surface area contributed by atoms with Gasteiger partial charge in [-0.3, -0.25) is 0 Å². The van der Waals surface area contributed by atoms with Crippen LogP contribution in [-0.2, 0) is 0 Å². The molecule has 150 valence electrons. The third-order valence-corrected chi connectivity index (χ3v) is 3.97. The number of carbonyl (C=O) groups is 1. The van der Waals surface area contributed by atoms with E-state index < -0.39 is 0 Å². The number of urea groups is 1. The Morgan fingerprint density at radius 1 is 1.07 bits per heavy atom. The van der Waals surface area contributed by atoms with Crippen molar-refractivity contribution in [2.24, 2.45) is 11.7 Å². The van der Waals surface area contributed by atoms with Gasteiger partial charge in [0.1, 0.15) is 0 Å². The predicted octanol–water partition coefficient (Wildman–Crippen LogP) is 5.94. The molecule has 0 aliphatic rings. The maximum absolute atomic E-state index is 12.1. The summed E-state index contributed by atoms with van der Waals surface area (Å²) in [5, 5.41) is 8.85. The van der Waals surface area contributed by atoms with Gasteiger partial charge in [0.2, 0.25) is 0 Å². The van der Waals surface area contributed by atoms with Gasteiger partial charge in [0.15, 0.2) is 0 Å². The third-order valence-electron chi connectivity index (χ3n) is 3.97. The van der Waals surface area contributed by atoms with Gasteiger partial charge >= 0.3 is 6.03 Å². The van der Waals surface area contributed by atoms with Crippen molar-refractivity contribution in [3.05, 3.63) is 66.0 Å². The van der Waals surface area contributed by atoms with Crippen LogP contribution in [0.3, 0.4) is 0 Å². The quantitative estimate of drug-likeness (QED) is 0.413. The standard InChI is InChI=1S/C21H28N4O.H3N.2H2/c1-15(2)8-9-17(22)14-23-18-10-12-19(13-11-18)24-21(26)25-20-7-5-4-6-16(20)3;;;/h4-7,10-15,23H,8-9,22H2,1-3H3,(H2,24,25,26);1H3;2*1H/b17-14-;;;. The SMILES string of the molecule is Cc1ccccc1NC(=O)Nc1ccc(N/C=C(\N)CCC(C)C)cc1.N.[HH].[HH]. The molecule has 0 radical (unpaired) electrons. The van der Waals surface area contributed by atoms with E-state index in [9.17, 15) is 4.79 Å². The van der Waals surface area contributed by atoms with Crippen molar-refractivity contribution in [1.82, 2.24) is 6.15 Å². The molecule has 0 unspecified atom stereocenters. The Kier molecular flexibility index (Phi) is 8.89. The largest absolute Gasteiger partial charge is 0.401 e. The average molecular weight is 374 g/mol. The zero-order valence-electron chi connectivity index (χ0n) is 16.4. The van der Waals surface area contributed by atoms with Crippen LogP contribution in [0.15, 0.2) is 60.4 Å². The van der Waals surface area contributed by atoms with Crippen LogP contribution in [0.4, 0.5) is 21.9 Å². The first kappa shape index (κ1) is 22.1. The molecule has 2 aromatic carbocycles. The average Bonchev–Trinajstić information content (AvgIpc) is 2.61. The zero-order valence-corrected chi connectivity index (χ0v) is 16.4. The van der Waals surface area contributed by atoms with Crippen LogP contribution in [0.25, 0.3) is 0 Å². The number of hydrogen-bond acceptors (Lipinski definition) is 4. The van der Waals surface area contributed by atoms with Crippen molar-refractivity contribution < 1.29 is 7.65 Å². The van der Waals surface area contributed by atoms with Crippen LogP contribution in [0, 0.1) is 12.8 Å². The molecular weight excluding hydrogens is 338 g/mol. The van der Waals surface area contributed by atoms with Gasteiger partial charge in [-0.1, -0.05) is 32.0 Å². The molecule has 6 nitrogen and oxygen atoms in total. The first-order valence-corrected chi connectivity index (χ1v) is 8.89. The first-order valence-electron chi connectivity index (χ1n) is 8.89. The lowest BCUT2D eigenvalue weighted by Crippen LogP contribution is -2.19. The van der Waals surface area contributed by atoms with E-state index >= 15 is 0 Å². The Bertz CT molecular complexity index is 764. The molecule has 8 N–H and O–H groups in total. The van der Waals surface area contributed by atoms with Gasteiger partial charge in [-0.25, -0.2) is 4.79 Å². The minimum Gasteiger partial charge on any atom is -0.401 e. The Hall–Kier alpha value is -2.99. The number of anilines is 3. The van der Waals surface area contributed by atoms with E-state index in [2.05, 4.69) is 29.8 Å². The molecular formula is C21H35N5O. The number of carbonyl (C=O) groups excluding carboxylic acids is 1. The van der Waals surface area contributed by atoms with Crippen LogP contribution in [0.5, 0.6) is 0 Å². The number of nitrogens with two attached hydrogens (primary N) is 1. The van der Waals surface area contributed by atoms with Crippen LogP contribution < -0.4 is 27.8 Å². The molecule has 0 bridgehead atoms. The lowest BCUT2D eigenvalue weighted by atomic mass is 10.1. The van der Waals surface area contributed by atoms with Crippen molar-refractivity contribution in [3.8, 4) is 0 Å². The highest BCUT2D eigenvalue weighted by Gasteiger charge is 2.04. The Balaban J connectivity index is 0. The Labute approximate surface area is 164 Å². The number of amides is 2. The summed E-state index contributed by atoms with van der Waals surface area (Å²) >= 11 is 0. The minimum atomic E-state index is -0.266. The van der Waals surface area contributed by atoms with Gasteiger partial charge < -0.3 is 27.8 Å². The molecule has 2 rings (SSSR count). The number of rotatable bonds is 7. The van der Waals surface area contributed by atoms with E-state index in [1.54, 1.807) is 0 Å². The van der Waals surface area contributed by atoms with Gasteiger partial charge in [0.25, 0.3) is 0 Å². The molecule has 0 heterocycles. The van der Waals surface area contributed by atoms with E-state index in [1.165, 1.54) is 0 Å². The van der Waals surface area contributed by atoms with E-state index in [4.69, 9.17) is 5.73 Å². The molecule has 0 atom stereocenters. The summed E-state index contributed by atoms with van der Waals surface area (Å²) in [4.78, 5) is 12.1. The highest BCUT2D eigenvalue weighted by atomic mass is 16.2. The summed E-state index contributed by atoms with van der Waals surface area (Å²) < 4.78 is 0. The summed E-state index contributed by atoms with van der Waals surface area (Å²) in [6.45, 7) is 6.32. The van der Waals surface area contributed by atoms with Crippen LogP contribution in [0.2, 0.25) is 0 Å². The molecule has 2 aromatic rings. The molecule has 0 fully saturated rings. The molecule has 0 aromatic heterocycles. The maximum Gasteiger partial charge on any atom is 0.323 e. The number of aryl methyl sites for hydroxylation is 1. The van der Waals surface area contributed by atoms with Crippen molar-refractivity contribution in [3.63, 3.8) is 0 Å². The van der Waals surface area contributed by atoms with Gasteiger partial charge in [-0.2, -0.15) is 0 Å². The normalized spacial score (nSPS) is 10.9. The van der Waals surface area contributed by atoms with Crippen LogP contribution in [-0.4, -0.2) is 6.03 Å². The van der Waals surface area contributed by atoms with E-state index in [0.717, 1.165) is 41.2 Å². The summed E-state index contributed by atoms with van der Waals surface area (Å²) in [5.41, 5.74) is 10.3. The van der Waals surface area contributed by atoms with E-state index in [1.807, 2.05) is 61.7 Å². The Morgan fingerprint density at radius 3 is 2.33 bits per heavy atom. The maximum atomic E-state index is 12.1. The second-order valence-electron chi connectivity index (χ2n) is 6.77. The molecule has 2 amide bonds. The Morgan fingerprint density at radius 2 is 1.70 bits per heavy atom. The highest BCUT2D eigenvalue weighted by Crippen LogP contribution is 2.16.